The van der Waals surface area contributed by atoms with Crippen LogP contribution in [0.4, 0.5) is 20.2 Å². The Bertz CT molecular complexity index is 626. The fourth-order valence-electron chi connectivity index (χ4n) is 1.53. The summed E-state index contributed by atoms with van der Waals surface area (Å²) in [5, 5.41) is 2.35. The van der Waals surface area contributed by atoms with Crippen molar-refractivity contribution >= 4 is 33.2 Å². The number of nitrogen functional groups attached to an aromatic ring is 1. The number of carbonyl (C=O) groups excluding carboxylic acids is 1. The second kappa shape index (κ2) is 5.36. The molecule has 0 aromatic heterocycles. The Morgan fingerprint density at radius 1 is 1.16 bits per heavy atom. The van der Waals surface area contributed by atoms with E-state index >= 15 is 0 Å². The average molecular weight is 327 g/mol. The minimum atomic E-state index is -0.632. The molecule has 1 amide bonds. The van der Waals surface area contributed by atoms with Gasteiger partial charge in [0.1, 0.15) is 11.6 Å². The van der Waals surface area contributed by atoms with Crippen LogP contribution in [0.2, 0.25) is 0 Å². The minimum absolute atomic E-state index is 0.0102. The number of nitrogens with two attached hydrogens (primary N) is 1. The Hall–Kier alpha value is -1.95. The molecule has 2 rings (SSSR count). The van der Waals surface area contributed by atoms with E-state index in [9.17, 15) is 13.6 Å². The molecule has 3 N–H and O–H groups in total. The van der Waals surface area contributed by atoms with E-state index in [1.165, 1.54) is 18.2 Å². The zero-order valence-corrected chi connectivity index (χ0v) is 11.2. The van der Waals surface area contributed by atoms with Crippen LogP contribution < -0.4 is 11.1 Å². The highest BCUT2D eigenvalue weighted by atomic mass is 79.9. The van der Waals surface area contributed by atoms with Crippen molar-refractivity contribution in [3.05, 3.63) is 58.1 Å². The van der Waals surface area contributed by atoms with Crippen molar-refractivity contribution in [3.8, 4) is 0 Å². The van der Waals surface area contributed by atoms with E-state index < -0.39 is 17.5 Å². The molecule has 0 unspecified atom stereocenters. The van der Waals surface area contributed by atoms with Crippen molar-refractivity contribution in [1.29, 1.82) is 0 Å². The van der Waals surface area contributed by atoms with Crippen LogP contribution in [0.25, 0.3) is 0 Å². The minimum Gasteiger partial charge on any atom is -0.399 e. The number of anilines is 2. The standard InChI is InChI=1S/C13H9BrF2N2O/c14-8-1-2-12(11(16)5-8)18-13(19)7-3-9(15)6-10(17)4-7/h1-6H,17H2,(H,18,19). The highest BCUT2D eigenvalue weighted by molar-refractivity contribution is 9.10. The Labute approximate surface area is 116 Å². The first-order chi connectivity index (χ1) is 8.95. The molecule has 2 aromatic carbocycles. The van der Waals surface area contributed by atoms with Gasteiger partial charge in [-0.05, 0) is 36.4 Å². The van der Waals surface area contributed by atoms with Gasteiger partial charge in [-0.25, -0.2) is 8.78 Å². The Kier molecular flexibility index (Phi) is 3.80. The van der Waals surface area contributed by atoms with Gasteiger partial charge >= 0.3 is 0 Å². The van der Waals surface area contributed by atoms with Crippen molar-refractivity contribution in [3.63, 3.8) is 0 Å². The third kappa shape index (κ3) is 3.29. The van der Waals surface area contributed by atoms with E-state index in [0.29, 0.717) is 4.47 Å². The van der Waals surface area contributed by atoms with Gasteiger partial charge in [0.15, 0.2) is 0 Å². The Morgan fingerprint density at radius 2 is 1.89 bits per heavy atom. The van der Waals surface area contributed by atoms with Crippen molar-refractivity contribution in [2.45, 2.75) is 0 Å². The molecule has 0 fully saturated rings. The maximum atomic E-state index is 13.5. The fourth-order valence-corrected chi connectivity index (χ4v) is 1.86. The predicted molar refractivity (Wildman–Crippen MR) is 72.9 cm³/mol. The largest absolute Gasteiger partial charge is 0.399 e. The lowest BCUT2D eigenvalue weighted by molar-refractivity contribution is 0.102. The van der Waals surface area contributed by atoms with Crippen LogP contribution in [0.1, 0.15) is 10.4 Å². The molecular weight excluding hydrogens is 318 g/mol. The molecule has 0 aliphatic rings. The van der Waals surface area contributed by atoms with Gasteiger partial charge in [-0.2, -0.15) is 0 Å². The van der Waals surface area contributed by atoms with Crippen LogP contribution in [-0.4, -0.2) is 5.91 Å². The number of amides is 1. The zero-order chi connectivity index (χ0) is 14.0. The van der Waals surface area contributed by atoms with E-state index in [1.807, 2.05) is 0 Å². The van der Waals surface area contributed by atoms with Crippen LogP contribution in [-0.2, 0) is 0 Å². The van der Waals surface area contributed by atoms with E-state index in [2.05, 4.69) is 21.2 Å². The summed E-state index contributed by atoms with van der Waals surface area (Å²) in [6.07, 6.45) is 0. The molecule has 3 nitrogen and oxygen atoms in total. The summed E-state index contributed by atoms with van der Waals surface area (Å²) in [4.78, 5) is 11.8. The van der Waals surface area contributed by atoms with E-state index in [1.54, 1.807) is 6.07 Å². The topological polar surface area (TPSA) is 55.1 Å². The van der Waals surface area contributed by atoms with Gasteiger partial charge in [-0.3, -0.25) is 4.79 Å². The van der Waals surface area contributed by atoms with Crippen LogP contribution in [0.15, 0.2) is 40.9 Å². The number of rotatable bonds is 2. The SMILES string of the molecule is Nc1cc(F)cc(C(=O)Nc2ccc(Br)cc2F)c1. The number of hydrogen-bond acceptors (Lipinski definition) is 2. The lowest BCUT2D eigenvalue weighted by atomic mass is 10.1. The van der Waals surface area contributed by atoms with Gasteiger partial charge in [-0.1, -0.05) is 15.9 Å². The average Bonchev–Trinajstić information content (AvgIpc) is 2.31. The number of halogens is 3. The molecule has 19 heavy (non-hydrogen) atoms. The normalized spacial score (nSPS) is 10.3. The van der Waals surface area contributed by atoms with Gasteiger partial charge in [-0.15, -0.1) is 0 Å². The molecule has 0 radical (unpaired) electrons. The number of benzene rings is 2. The first kappa shape index (κ1) is 13.5. The molecular formula is C13H9BrF2N2O. The van der Waals surface area contributed by atoms with Crippen LogP contribution in [0, 0.1) is 11.6 Å². The summed E-state index contributed by atoms with van der Waals surface area (Å²) < 4.78 is 27.2. The second-order valence-electron chi connectivity index (χ2n) is 3.85. The summed E-state index contributed by atoms with van der Waals surface area (Å²) >= 11 is 3.11. The summed E-state index contributed by atoms with van der Waals surface area (Å²) in [6, 6.07) is 7.64. The molecule has 98 valence electrons. The molecule has 0 bridgehead atoms. The third-order valence-electron chi connectivity index (χ3n) is 2.36. The van der Waals surface area contributed by atoms with Crippen molar-refractivity contribution in [2.75, 3.05) is 11.1 Å². The monoisotopic (exact) mass is 326 g/mol. The van der Waals surface area contributed by atoms with Gasteiger partial charge in [0.2, 0.25) is 0 Å². The second-order valence-corrected chi connectivity index (χ2v) is 4.77. The lowest BCUT2D eigenvalue weighted by Gasteiger charge is -2.07. The van der Waals surface area contributed by atoms with Crippen LogP contribution in [0.5, 0.6) is 0 Å². The van der Waals surface area contributed by atoms with Gasteiger partial charge in [0.25, 0.3) is 5.91 Å². The lowest BCUT2D eigenvalue weighted by Crippen LogP contribution is -2.13. The molecule has 0 aliphatic carbocycles. The first-order valence-corrected chi connectivity index (χ1v) is 6.07. The maximum absolute atomic E-state index is 13.5. The van der Waals surface area contributed by atoms with E-state index in [4.69, 9.17) is 5.73 Å². The summed E-state index contributed by atoms with van der Waals surface area (Å²) in [7, 11) is 0. The quantitative estimate of drug-likeness (QED) is 0.829. The van der Waals surface area contributed by atoms with Crippen LogP contribution in [0.3, 0.4) is 0 Å². The Morgan fingerprint density at radius 3 is 2.53 bits per heavy atom. The predicted octanol–water partition coefficient (Wildman–Crippen LogP) is 3.56. The van der Waals surface area contributed by atoms with E-state index in [0.717, 1.165) is 12.1 Å². The van der Waals surface area contributed by atoms with Crippen LogP contribution >= 0.6 is 15.9 Å². The van der Waals surface area contributed by atoms with Gasteiger partial charge in [0.05, 0.1) is 5.69 Å². The third-order valence-corrected chi connectivity index (χ3v) is 2.85. The molecule has 0 atom stereocenters. The fraction of sp³-hybridized carbons (Fsp3) is 0. The summed E-state index contributed by atoms with van der Waals surface area (Å²) in [5.74, 6) is -1.85. The van der Waals surface area contributed by atoms with E-state index in [-0.39, 0.29) is 16.9 Å². The molecule has 0 saturated carbocycles. The molecule has 0 aliphatic heterocycles. The molecule has 0 saturated heterocycles. The highest BCUT2D eigenvalue weighted by Gasteiger charge is 2.11. The highest BCUT2D eigenvalue weighted by Crippen LogP contribution is 2.20. The van der Waals surface area contributed by atoms with Crippen molar-refractivity contribution < 1.29 is 13.6 Å². The van der Waals surface area contributed by atoms with Crippen molar-refractivity contribution in [2.24, 2.45) is 0 Å². The summed E-state index contributed by atoms with van der Waals surface area (Å²) in [5.41, 5.74) is 5.60. The summed E-state index contributed by atoms with van der Waals surface area (Å²) in [6.45, 7) is 0. The van der Waals surface area contributed by atoms with Gasteiger partial charge in [0, 0.05) is 15.7 Å². The Balaban J connectivity index is 2.25. The number of nitrogens with one attached hydrogen (secondary N) is 1. The first-order valence-electron chi connectivity index (χ1n) is 5.28. The molecule has 0 heterocycles. The zero-order valence-electron chi connectivity index (χ0n) is 9.58. The number of hydrogen-bond donors (Lipinski definition) is 2. The molecule has 0 spiro atoms. The van der Waals surface area contributed by atoms with Gasteiger partial charge < -0.3 is 11.1 Å². The maximum Gasteiger partial charge on any atom is 0.255 e. The molecule has 6 heteroatoms. The van der Waals surface area contributed by atoms with Crippen molar-refractivity contribution in [1.82, 2.24) is 0 Å². The smallest absolute Gasteiger partial charge is 0.255 e. The molecule has 2 aromatic rings. The number of carbonyl (C=O) groups is 1.